The van der Waals surface area contributed by atoms with Crippen molar-refractivity contribution in [1.82, 2.24) is 24.6 Å². The highest BCUT2D eigenvalue weighted by atomic mass is 31.2. The molecular weight excluding hydrogens is 479 g/mol. The highest BCUT2D eigenvalue weighted by Crippen LogP contribution is 2.56. The number of anilines is 1. The molecule has 1 fully saturated rings. The van der Waals surface area contributed by atoms with Gasteiger partial charge in [0.15, 0.2) is 11.2 Å². The van der Waals surface area contributed by atoms with Crippen LogP contribution in [0.25, 0.3) is 17.4 Å². The first-order valence-corrected chi connectivity index (χ1v) is 12.1. The van der Waals surface area contributed by atoms with Gasteiger partial charge in [0, 0.05) is 11.6 Å². The third-order valence-corrected chi connectivity index (χ3v) is 7.14. The number of ether oxygens (including phenoxy) is 1. The maximum Gasteiger partial charge on any atom is 0.459 e. The molecule has 0 amide bonds. The zero-order valence-corrected chi connectivity index (χ0v) is 19.9. The summed E-state index contributed by atoms with van der Waals surface area (Å²) in [6.07, 6.45) is 3.48. The largest absolute Gasteiger partial charge is 0.468 e. The second-order valence-electron chi connectivity index (χ2n) is 8.09. The SMILES string of the molecule is COC(=O)[C@H](C)NP(=O)(OCC1(CO)C/C1=C/n1cnc2c(=O)[nH]c(N)nc21)Oc1ccccc1. The molecule has 0 radical (unpaired) electrons. The lowest BCUT2D eigenvalue weighted by atomic mass is 10.1. The maximum atomic E-state index is 13.5. The first-order chi connectivity index (χ1) is 16.7. The number of carbonyl (C=O) groups excluding carboxylic acids is 1. The molecule has 2 aromatic heterocycles. The predicted molar refractivity (Wildman–Crippen MR) is 126 cm³/mol. The third-order valence-electron chi connectivity index (χ3n) is 5.52. The van der Waals surface area contributed by atoms with Gasteiger partial charge in [-0.15, -0.1) is 0 Å². The summed E-state index contributed by atoms with van der Waals surface area (Å²) in [6.45, 7) is 0.980. The van der Waals surface area contributed by atoms with Crippen molar-refractivity contribution in [2.45, 2.75) is 19.4 Å². The molecule has 0 saturated heterocycles. The molecule has 1 saturated carbocycles. The van der Waals surface area contributed by atoms with E-state index in [9.17, 15) is 19.3 Å². The number of benzene rings is 1. The summed E-state index contributed by atoms with van der Waals surface area (Å²) in [5, 5.41) is 12.7. The van der Waals surface area contributed by atoms with E-state index in [0.717, 1.165) is 5.57 Å². The van der Waals surface area contributed by atoms with E-state index in [1.807, 2.05) is 0 Å². The molecule has 3 aromatic rings. The lowest BCUT2D eigenvalue weighted by molar-refractivity contribution is -0.142. The van der Waals surface area contributed by atoms with Crippen LogP contribution in [0, 0.1) is 5.41 Å². The number of aromatic amines is 1. The highest BCUT2D eigenvalue weighted by Gasteiger charge is 2.51. The Morgan fingerprint density at radius 3 is 2.86 bits per heavy atom. The number of hydrogen-bond acceptors (Lipinski definition) is 10. The fourth-order valence-electron chi connectivity index (χ4n) is 3.44. The van der Waals surface area contributed by atoms with Gasteiger partial charge in [-0.2, -0.15) is 10.1 Å². The maximum absolute atomic E-state index is 13.5. The van der Waals surface area contributed by atoms with Crippen molar-refractivity contribution in [2.75, 3.05) is 26.1 Å². The number of nitrogens with two attached hydrogens (primary N) is 1. The quantitative estimate of drug-likeness (QED) is 0.230. The van der Waals surface area contributed by atoms with Crippen LogP contribution in [0.3, 0.4) is 0 Å². The summed E-state index contributed by atoms with van der Waals surface area (Å²) in [4.78, 5) is 34.4. The predicted octanol–water partition coefficient (Wildman–Crippen LogP) is 1.28. The van der Waals surface area contributed by atoms with Gasteiger partial charge in [-0.1, -0.05) is 18.2 Å². The van der Waals surface area contributed by atoms with E-state index in [1.54, 1.807) is 36.5 Å². The standard InChI is InChI=1S/C21H25N6O7P/c1-13(19(30)32-2)26-35(31,34-15-6-4-3-5-7-15)33-11-21(10-28)8-14(21)9-27-12-23-16-17(27)24-20(22)25-18(16)29/h3-7,9,12-13,28H,8,10-11H2,1-2H3,(H,26,31)(H3,22,24,25,29)/b14-9-/t13-,21?,35?/m0/s1. The van der Waals surface area contributed by atoms with E-state index in [1.165, 1.54) is 24.9 Å². The normalized spacial score (nSPS) is 20.9. The minimum absolute atomic E-state index is 0.0556. The number of nitrogen functional groups attached to an aromatic ring is 1. The topological polar surface area (TPSA) is 184 Å². The molecule has 2 unspecified atom stereocenters. The summed E-state index contributed by atoms with van der Waals surface area (Å²) in [7, 11) is -2.86. The van der Waals surface area contributed by atoms with Crippen molar-refractivity contribution in [1.29, 1.82) is 0 Å². The van der Waals surface area contributed by atoms with Crippen LogP contribution in [-0.2, 0) is 18.6 Å². The van der Waals surface area contributed by atoms with E-state index in [2.05, 4.69) is 24.8 Å². The molecule has 5 N–H and O–H groups in total. The van der Waals surface area contributed by atoms with E-state index in [4.69, 9.17) is 14.8 Å². The Morgan fingerprint density at radius 1 is 1.43 bits per heavy atom. The number of hydrogen-bond donors (Lipinski definition) is 4. The first-order valence-electron chi connectivity index (χ1n) is 10.6. The number of imidazole rings is 1. The molecule has 186 valence electrons. The monoisotopic (exact) mass is 504 g/mol. The highest BCUT2D eigenvalue weighted by molar-refractivity contribution is 7.52. The van der Waals surface area contributed by atoms with E-state index >= 15 is 0 Å². The van der Waals surface area contributed by atoms with Crippen molar-refractivity contribution in [2.24, 2.45) is 5.41 Å². The smallest absolute Gasteiger partial charge is 0.459 e. The second-order valence-corrected chi connectivity index (χ2v) is 9.79. The lowest BCUT2D eigenvalue weighted by Crippen LogP contribution is -2.35. The summed E-state index contributed by atoms with van der Waals surface area (Å²) in [5.74, 6) is -0.438. The number of aliphatic hydroxyl groups is 1. The molecule has 3 atom stereocenters. The van der Waals surface area contributed by atoms with Gasteiger partial charge in [-0.25, -0.2) is 9.55 Å². The number of esters is 1. The molecule has 2 heterocycles. The van der Waals surface area contributed by atoms with Crippen LogP contribution in [0.2, 0.25) is 0 Å². The number of aromatic nitrogens is 4. The third kappa shape index (κ3) is 5.28. The Balaban J connectivity index is 1.55. The van der Waals surface area contributed by atoms with Crippen LogP contribution >= 0.6 is 7.75 Å². The van der Waals surface area contributed by atoms with Crippen molar-refractivity contribution in [3.63, 3.8) is 0 Å². The minimum atomic E-state index is -4.07. The van der Waals surface area contributed by atoms with E-state index in [-0.39, 0.29) is 36.1 Å². The lowest BCUT2D eigenvalue weighted by Gasteiger charge is -2.24. The number of H-pyrrole nitrogens is 1. The summed E-state index contributed by atoms with van der Waals surface area (Å²) in [6, 6.07) is 7.36. The van der Waals surface area contributed by atoms with Crippen molar-refractivity contribution in [3.05, 3.63) is 52.6 Å². The van der Waals surface area contributed by atoms with Crippen molar-refractivity contribution >= 4 is 37.0 Å². The van der Waals surface area contributed by atoms with Crippen LogP contribution < -0.4 is 20.9 Å². The van der Waals surface area contributed by atoms with E-state index in [0.29, 0.717) is 6.42 Å². The first kappa shape index (κ1) is 24.6. The molecule has 1 aliphatic carbocycles. The molecule has 1 aromatic carbocycles. The van der Waals surface area contributed by atoms with Crippen LogP contribution in [-0.4, -0.2) is 57.0 Å². The van der Waals surface area contributed by atoms with E-state index < -0.39 is 30.7 Å². The van der Waals surface area contributed by atoms with Gasteiger partial charge in [-0.3, -0.25) is 23.7 Å². The molecule has 0 spiro atoms. The Hall–Kier alpha value is -3.51. The number of fused-ring (bicyclic) bond motifs is 1. The second kappa shape index (κ2) is 9.62. The number of aliphatic hydroxyl groups excluding tert-OH is 1. The van der Waals surface area contributed by atoms with Crippen molar-refractivity contribution < 1.29 is 28.3 Å². The number of carbonyl (C=O) groups is 1. The van der Waals surface area contributed by atoms with Gasteiger partial charge in [0.25, 0.3) is 5.56 Å². The average Bonchev–Trinajstić information content (AvgIpc) is 3.38. The number of nitrogens with zero attached hydrogens (tertiary/aromatic N) is 3. The Bertz CT molecular complexity index is 1370. The van der Waals surface area contributed by atoms with Crippen LogP contribution in [0.1, 0.15) is 13.3 Å². The number of para-hydroxylation sites is 1. The summed E-state index contributed by atoms with van der Waals surface area (Å²) in [5.41, 5.74) is 5.43. The fourth-order valence-corrected chi connectivity index (χ4v) is 5.02. The van der Waals surface area contributed by atoms with Crippen molar-refractivity contribution in [3.8, 4) is 5.75 Å². The Kier molecular flexibility index (Phi) is 6.77. The summed E-state index contributed by atoms with van der Waals surface area (Å²) < 4.78 is 31.0. The van der Waals surface area contributed by atoms with Crippen LogP contribution in [0.4, 0.5) is 5.95 Å². The summed E-state index contributed by atoms with van der Waals surface area (Å²) >= 11 is 0. The van der Waals surface area contributed by atoms with Gasteiger partial charge >= 0.3 is 13.7 Å². The molecule has 1 aliphatic rings. The zero-order chi connectivity index (χ0) is 25.2. The van der Waals surface area contributed by atoms with Crippen LogP contribution in [0.15, 0.2) is 47.0 Å². The van der Waals surface area contributed by atoms with Crippen LogP contribution in [0.5, 0.6) is 5.75 Å². The molecule has 0 aliphatic heterocycles. The van der Waals surface area contributed by atoms with Gasteiger partial charge in [0.2, 0.25) is 5.95 Å². The Morgan fingerprint density at radius 2 is 2.17 bits per heavy atom. The molecule has 0 bridgehead atoms. The van der Waals surface area contributed by atoms with Gasteiger partial charge in [0.05, 0.1) is 20.3 Å². The molecular formula is C21H25N6O7P. The Labute approximate surface area is 199 Å². The fraction of sp³-hybridized carbons (Fsp3) is 0.333. The van der Waals surface area contributed by atoms with Gasteiger partial charge in [0.1, 0.15) is 18.1 Å². The average molecular weight is 504 g/mol. The molecule has 14 heteroatoms. The number of methoxy groups -OCH3 is 1. The molecule has 35 heavy (non-hydrogen) atoms. The van der Waals surface area contributed by atoms with Gasteiger partial charge < -0.3 is 20.1 Å². The molecule has 4 rings (SSSR count). The molecule has 13 nitrogen and oxygen atoms in total. The number of nitrogens with one attached hydrogen (secondary N) is 2. The zero-order valence-electron chi connectivity index (χ0n) is 19.0. The number of rotatable bonds is 10. The minimum Gasteiger partial charge on any atom is -0.468 e. The van der Waals surface area contributed by atoms with Gasteiger partial charge in [-0.05, 0) is 31.1 Å².